The molecule has 0 bridgehead atoms. The number of rotatable bonds is 8. The molecular formula is C19H22N6O3. The number of nitrogens with one attached hydrogen (secondary N) is 2. The molecule has 3 aromatic rings. The molecule has 2 N–H and O–H groups in total. The van der Waals surface area contributed by atoms with Crippen molar-refractivity contribution in [1.82, 2.24) is 25.2 Å². The highest BCUT2D eigenvalue weighted by atomic mass is 16.5. The molecule has 1 amide bonds. The van der Waals surface area contributed by atoms with E-state index in [2.05, 4.69) is 25.9 Å². The predicted octanol–water partition coefficient (Wildman–Crippen LogP) is 1.99. The number of hydrogen-bond acceptors (Lipinski definition) is 7. The second-order valence-electron chi connectivity index (χ2n) is 7.40. The summed E-state index contributed by atoms with van der Waals surface area (Å²) < 4.78 is 12.5. The SMILES string of the molecule is O=C(CC1CC1)NCCNc1nc(-c2ccc3cnn(C4COC4)c3c2)no1. The average Bonchev–Trinajstić information content (AvgIpc) is 3.18. The van der Waals surface area contributed by atoms with E-state index in [4.69, 9.17) is 9.26 Å². The monoisotopic (exact) mass is 382 g/mol. The summed E-state index contributed by atoms with van der Waals surface area (Å²) in [6, 6.07) is 6.61. The van der Waals surface area contributed by atoms with Crippen LogP contribution in [0.15, 0.2) is 28.9 Å². The molecule has 1 aliphatic heterocycles. The second kappa shape index (κ2) is 7.23. The van der Waals surface area contributed by atoms with Gasteiger partial charge in [-0.3, -0.25) is 9.48 Å². The molecule has 1 saturated carbocycles. The van der Waals surface area contributed by atoms with Crippen LogP contribution >= 0.6 is 0 Å². The Kier molecular flexibility index (Phi) is 4.44. The van der Waals surface area contributed by atoms with Crippen molar-refractivity contribution >= 4 is 22.8 Å². The van der Waals surface area contributed by atoms with Gasteiger partial charge >= 0.3 is 6.01 Å². The molecule has 0 unspecified atom stereocenters. The van der Waals surface area contributed by atoms with E-state index in [-0.39, 0.29) is 11.9 Å². The molecule has 28 heavy (non-hydrogen) atoms. The van der Waals surface area contributed by atoms with Crippen LogP contribution in [0.25, 0.3) is 22.3 Å². The minimum Gasteiger partial charge on any atom is -0.377 e. The van der Waals surface area contributed by atoms with Crippen LogP contribution in [0.1, 0.15) is 25.3 Å². The summed E-state index contributed by atoms with van der Waals surface area (Å²) in [7, 11) is 0. The molecule has 0 spiro atoms. The number of hydrogen-bond donors (Lipinski definition) is 2. The fraction of sp³-hybridized carbons (Fsp3) is 0.474. The molecule has 1 saturated heterocycles. The van der Waals surface area contributed by atoms with E-state index >= 15 is 0 Å². The number of amides is 1. The van der Waals surface area contributed by atoms with Gasteiger partial charge in [0.2, 0.25) is 11.7 Å². The van der Waals surface area contributed by atoms with Gasteiger partial charge in [-0.05, 0) is 24.8 Å². The fourth-order valence-corrected chi connectivity index (χ4v) is 3.27. The number of fused-ring (bicyclic) bond motifs is 1. The summed E-state index contributed by atoms with van der Waals surface area (Å²) in [4.78, 5) is 16.1. The molecule has 1 aromatic carbocycles. The van der Waals surface area contributed by atoms with E-state index in [0.717, 1.165) is 16.5 Å². The summed E-state index contributed by atoms with van der Waals surface area (Å²) in [6.45, 7) is 2.44. The lowest BCUT2D eigenvalue weighted by atomic mass is 10.1. The Labute approximate surface area is 161 Å². The zero-order valence-electron chi connectivity index (χ0n) is 15.4. The van der Waals surface area contributed by atoms with Crippen molar-refractivity contribution < 1.29 is 14.1 Å². The number of aromatic nitrogens is 4. The third-order valence-electron chi connectivity index (χ3n) is 5.14. The summed E-state index contributed by atoms with van der Waals surface area (Å²) >= 11 is 0. The molecule has 2 aromatic heterocycles. The van der Waals surface area contributed by atoms with Crippen molar-refractivity contribution in [2.75, 3.05) is 31.6 Å². The highest BCUT2D eigenvalue weighted by molar-refractivity contribution is 5.83. The zero-order valence-corrected chi connectivity index (χ0v) is 15.4. The normalized spacial score (nSPS) is 16.9. The third kappa shape index (κ3) is 3.57. The molecule has 146 valence electrons. The minimum absolute atomic E-state index is 0.109. The molecule has 2 aliphatic rings. The Bertz CT molecular complexity index is 989. The van der Waals surface area contributed by atoms with Crippen LogP contribution in [0.4, 0.5) is 6.01 Å². The summed E-state index contributed by atoms with van der Waals surface area (Å²) in [5.74, 6) is 1.22. The van der Waals surface area contributed by atoms with Gasteiger partial charge < -0.3 is 19.9 Å². The van der Waals surface area contributed by atoms with E-state index in [1.165, 1.54) is 12.8 Å². The summed E-state index contributed by atoms with van der Waals surface area (Å²) in [5.41, 5.74) is 1.90. The van der Waals surface area contributed by atoms with Crippen LogP contribution in [0.5, 0.6) is 0 Å². The lowest BCUT2D eigenvalue weighted by Crippen LogP contribution is -2.31. The lowest BCUT2D eigenvalue weighted by Gasteiger charge is -2.26. The summed E-state index contributed by atoms with van der Waals surface area (Å²) in [6.07, 6.45) is 4.85. The number of carbonyl (C=O) groups is 1. The van der Waals surface area contributed by atoms with Crippen LogP contribution in [0, 0.1) is 5.92 Å². The maximum atomic E-state index is 11.7. The van der Waals surface area contributed by atoms with Crippen molar-refractivity contribution in [2.24, 2.45) is 5.92 Å². The van der Waals surface area contributed by atoms with Gasteiger partial charge in [0.15, 0.2) is 0 Å². The van der Waals surface area contributed by atoms with E-state index in [1.54, 1.807) is 0 Å². The van der Waals surface area contributed by atoms with Crippen molar-refractivity contribution in [3.05, 3.63) is 24.4 Å². The molecule has 9 nitrogen and oxygen atoms in total. The number of nitrogens with zero attached hydrogens (tertiary/aromatic N) is 4. The number of benzene rings is 1. The van der Waals surface area contributed by atoms with Gasteiger partial charge in [0.05, 0.1) is 31.0 Å². The van der Waals surface area contributed by atoms with Crippen molar-refractivity contribution in [3.8, 4) is 11.4 Å². The van der Waals surface area contributed by atoms with Gasteiger partial charge in [0.25, 0.3) is 0 Å². The minimum atomic E-state index is 0.109. The Morgan fingerprint density at radius 2 is 2.14 bits per heavy atom. The highest BCUT2D eigenvalue weighted by Gasteiger charge is 2.24. The zero-order chi connectivity index (χ0) is 18.9. The van der Waals surface area contributed by atoms with Gasteiger partial charge in [-0.25, -0.2) is 0 Å². The average molecular weight is 382 g/mol. The van der Waals surface area contributed by atoms with Crippen LogP contribution in [0.3, 0.4) is 0 Å². The number of carbonyl (C=O) groups excluding carboxylic acids is 1. The van der Waals surface area contributed by atoms with Gasteiger partial charge in [0, 0.05) is 30.5 Å². The van der Waals surface area contributed by atoms with Gasteiger partial charge in [-0.2, -0.15) is 10.1 Å². The molecule has 2 fully saturated rings. The molecule has 9 heteroatoms. The first-order valence-corrected chi connectivity index (χ1v) is 9.66. The van der Waals surface area contributed by atoms with Crippen molar-refractivity contribution in [1.29, 1.82) is 0 Å². The van der Waals surface area contributed by atoms with Crippen LogP contribution in [0.2, 0.25) is 0 Å². The van der Waals surface area contributed by atoms with Crippen LogP contribution < -0.4 is 10.6 Å². The van der Waals surface area contributed by atoms with Gasteiger partial charge in [0.1, 0.15) is 0 Å². The summed E-state index contributed by atoms with van der Waals surface area (Å²) in [5, 5.41) is 15.5. The molecular weight excluding hydrogens is 360 g/mol. The molecule has 5 rings (SSSR count). The second-order valence-corrected chi connectivity index (χ2v) is 7.40. The highest BCUT2D eigenvalue weighted by Crippen LogP contribution is 2.32. The van der Waals surface area contributed by atoms with E-state index in [1.807, 2.05) is 29.1 Å². The topological polar surface area (TPSA) is 107 Å². The molecule has 3 heterocycles. The Morgan fingerprint density at radius 3 is 2.93 bits per heavy atom. The Morgan fingerprint density at radius 1 is 1.25 bits per heavy atom. The third-order valence-corrected chi connectivity index (χ3v) is 5.14. The maximum Gasteiger partial charge on any atom is 0.321 e. The van der Waals surface area contributed by atoms with Crippen molar-refractivity contribution in [2.45, 2.75) is 25.3 Å². The first kappa shape index (κ1) is 17.2. The van der Waals surface area contributed by atoms with Crippen LogP contribution in [-0.4, -0.2) is 52.1 Å². The largest absolute Gasteiger partial charge is 0.377 e. The standard InChI is InChI=1S/C19H22N6O3/c26-17(7-12-1-2-12)20-5-6-21-19-23-18(24-28-19)13-3-4-14-9-22-25(16(14)8-13)15-10-27-11-15/h3-4,8-9,12,15H,1-2,5-7,10-11H2,(H,20,26)(H,21,23,24). The molecule has 0 radical (unpaired) electrons. The van der Waals surface area contributed by atoms with E-state index < -0.39 is 0 Å². The van der Waals surface area contributed by atoms with Gasteiger partial charge in [-0.15, -0.1) is 0 Å². The first-order valence-electron chi connectivity index (χ1n) is 9.66. The lowest BCUT2D eigenvalue weighted by molar-refractivity contribution is -0.121. The van der Waals surface area contributed by atoms with Crippen LogP contribution in [-0.2, 0) is 9.53 Å². The number of ether oxygens (including phenoxy) is 1. The van der Waals surface area contributed by atoms with Crippen molar-refractivity contribution in [3.63, 3.8) is 0 Å². The molecule has 0 atom stereocenters. The Hall–Kier alpha value is -2.94. The predicted molar refractivity (Wildman–Crippen MR) is 102 cm³/mol. The smallest absolute Gasteiger partial charge is 0.321 e. The van der Waals surface area contributed by atoms with E-state index in [0.29, 0.717) is 50.5 Å². The molecule has 1 aliphatic carbocycles. The maximum absolute atomic E-state index is 11.7. The number of anilines is 1. The van der Waals surface area contributed by atoms with E-state index in [9.17, 15) is 4.79 Å². The Balaban J connectivity index is 1.21. The van der Waals surface area contributed by atoms with Gasteiger partial charge in [-0.1, -0.05) is 17.3 Å². The first-order chi connectivity index (χ1) is 13.8. The quantitative estimate of drug-likeness (QED) is 0.574. The fourth-order valence-electron chi connectivity index (χ4n) is 3.27.